The number of anilines is 2. The highest BCUT2D eigenvalue weighted by molar-refractivity contribution is 5.96. The lowest BCUT2D eigenvalue weighted by Gasteiger charge is -2.36. The van der Waals surface area contributed by atoms with Crippen LogP contribution < -0.4 is 20.4 Å². The minimum Gasteiger partial charge on any atom is -0.369 e. The second-order valence-electron chi connectivity index (χ2n) is 7.13. The normalized spacial score (nSPS) is 17.1. The topological polar surface area (TPSA) is 47.6 Å². The number of hydrogen-bond acceptors (Lipinski definition) is 3. The second kappa shape index (κ2) is 7.00. The van der Waals surface area contributed by atoms with E-state index < -0.39 is 0 Å². The number of fused-ring (bicyclic) bond motifs is 1. The van der Waals surface area contributed by atoms with Gasteiger partial charge >= 0.3 is 6.03 Å². The van der Waals surface area contributed by atoms with Crippen molar-refractivity contribution >= 4 is 17.4 Å². The number of aryl methyl sites for hydroxylation is 2. The van der Waals surface area contributed by atoms with E-state index in [9.17, 15) is 4.79 Å². The van der Waals surface area contributed by atoms with E-state index >= 15 is 0 Å². The molecule has 0 saturated carbocycles. The second-order valence-corrected chi connectivity index (χ2v) is 7.13. The standard InChI is InChI=1S/C21H26N4O/c1-15-5-3-6-16(2)18(15)14-25-20-8-4-7-19(17(20)13-23-21(25)26)24-11-9-22-10-12-24/h3-8,22H,9-14H2,1-2H3,(H,23,26). The van der Waals surface area contributed by atoms with Crippen LogP contribution in [-0.2, 0) is 13.1 Å². The first kappa shape index (κ1) is 16.9. The van der Waals surface area contributed by atoms with Crippen LogP contribution in [0.5, 0.6) is 0 Å². The lowest BCUT2D eigenvalue weighted by Crippen LogP contribution is -2.47. The molecule has 0 radical (unpaired) electrons. The van der Waals surface area contributed by atoms with Crippen molar-refractivity contribution in [3.05, 3.63) is 58.7 Å². The number of rotatable bonds is 3. The van der Waals surface area contributed by atoms with Crippen molar-refractivity contribution in [3.8, 4) is 0 Å². The Morgan fingerprint density at radius 3 is 2.35 bits per heavy atom. The Morgan fingerprint density at radius 2 is 1.62 bits per heavy atom. The lowest BCUT2D eigenvalue weighted by molar-refractivity contribution is 0.244. The first-order valence-corrected chi connectivity index (χ1v) is 9.33. The van der Waals surface area contributed by atoms with Crippen LogP contribution in [0.2, 0.25) is 0 Å². The molecule has 5 nitrogen and oxygen atoms in total. The highest BCUT2D eigenvalue weighted by Gasteiger charge is 2.28. The summed E-state index contributed by atoms with van der Waals surface area (Å²) in [6.07, 6.45) is 0. The summed E-state index contributed by atoms with van der Waals surface area (Å²) in [5, 5.41) is 6.48. The summed E-state index contributed by atoms with van der Waals surface area (Å²) >= 11 is 0. The Labute approximate surface area is 155 Å². The zero-order chi connectivity index (χ0) is 18.1. The van der Waals surface area contributed by atoms with Crippen LogP contribution in [-0.4, -0.2) is 32.2 Å². The Kier molecular flexibility index (Phi) is 4.55. The number of amides is 2. The zero-order valence-electron chi connectivity index (χ0n) is 15.5. The number of hydrogen-bond donors (Lipinski definition) is 2. The molecule has 2 aliphatic heterocycles. The Balaban J connectivity index is 1.71. The van der Waals surface area contributed by atoms with Gasteiger partial charge in [0.1, 0.15) is 0 Å². The molecule has 2 N–H and O–H groups in total. The molecule has 5 heteroatoms. The van der Waals surface area contributed by atoms with Gasteiger partial charge in [-0.25, -0.2) is 4.79 Å². The summed E-state index contributed by atoms with van der Waals surface area (Å²) in [7, 11) is 0. The van der Waals surface area contributed by atoms with Crippen LogP contribution >= 0.6 is 0 Å². The van der Waals surface area contributed by atoms with E-state index in [4.69, 9.17) is 0 Å². The minimum absolute atomic E-state index is 0.0161. The van der Waals surface area contributed by atoms with E-state index in [0.717, 1.165) is 31.9 Å². The molecule has 1 saturated heterocycles. The first-order valence-electron chi connectivity index (χ1n) is 9.33. The summed E-state index contributed by atoms with van der Waals surface area (Å²) < 4.78 is 0. The molecule has 2 heterocycles. The molecule has 0 bridgehead atoms. The third kappa shape index (κ3) is 3.03. The van der Waals surface area contributed by atoms with Crippen molar-refractivity contribution in [1.29, 1.82) is 0 Å². The van der Waals surface area contributed by atoms with Gasteiger partial charge in [-0.2, -0.15) is 0 Å². The van der Waals surface area contributed by atoms with Crippen LogP contribution in [0.25, 0.3) is 0 Å². The maximum absolute atomic E-state index is 12.7. The summed E-state index contributed by atoms with van der Waals surface area (Å²) in [5.74, 6) is 0. The Bertz CT molecular complexity index is 807. The third-order valence-electron chi connectivity index (χ3n) is 5.50. The molecular weight excluding hydrogens is 324 g/mol. The van der Waals surface area contributed by atoms with Gasteiger partial charge in [-0.15, -0.1) is 0 Å². The average Bonchev–Trinajstić information content (AvgIpc) is 2.66. The predicted molar refractivity (Wildman–Crippen MR) is 106 cm³/mol. The molecule has 2 aliphatic rings. The van der Waals surface area contributed by atoms with Crippen molar-refractivity contribution in [2.75, 3.05) is 36.0 Å². The van der Waals surface area contributed by atoms with Gasteiger partial charge in [-0.1, -0.05) is 24.3 Å². The van der Waals surface area contributed by atoms with E-state index in [2.05, 4.69) is 65.8 Å². The van der Waals surface area contributed by atoms with Crippen LogP contribution in [0, 0.1) is 13.8 Å². The number of nitrogens with one attached hydrogen (secondary N) is 2. The van der Waals surface area contributed by atoms with Crippen LogP contribution in [0.1, 0.15) is 22.3 Å². The van der Waals surface area contributed by atoms with Crippen LogP contribution in [0.4, 0.5) is 16.2 Å². The number of piperazine rings is 1. The van der Waals surface area contributed by atoms with Gasteiger partial charge < -0.3 is 15.5 Å². The fraction of sp³-hybridized carbons (Fsp3) is 0.381. The fourth-order valence-corrected chi connectivity index (χ4v) is 3.98. The number of benzene rings is 2. The maximum Gasteiger partial charge on any atom is 0.322 e. The van der Waals surface area contributed by atoms with E-state index in [1.54, 1.807) is 0 Å². The van der Waals surface area contributed by atoms with Crippen molar-refractivity contribution in [3.63, 3.8) is 0 Å². The van der Waals surface area contributed by atoms with Gasteiger partial charge in [0.25, 0.3) is 0 Å². The van der Waals surface area contributed by atoms with Gasteiger partial charge in [-0.3, -0.25) is 4.90 Å². The molecule has 136 valence electrons. The van der Waals surface area contributed by atoms with E-state index in [1.807, 2.05) is 4.90 Å². The zero-order valence-corrected chi connectivity index (χ0v) is 15.5. The molecule has 1 fully saturated rings. The van der Waals surface area contributed by atoms with Gasteiger partial charge in [0.15, 0.2) is 0 Å². The molecule has 0 aliphatic carbocycles. The molecule has 2 aromatic rings. The predicted octanol–water partition coefficient (Wildman–Crippen LogP) is 2.94. The number of carbonyl (C=O) groups is 1. The van der Waals surface area contributed by atoms with Crippen molar-refractivity contribution in [1.82, 2.24) is 10.6 Å². The smallest absolute Gasteiger partial charge is 0.322 e. The molecule has 2 aromatic carbocycles. The first-order chi connectivity index (χ1) is 12.6. The average molecular weight is 350 g/mol. The Morgan fingerprint density at radius 1 is 0.962 bits per heavy atom. The Hall–Kier alpha value is -2.53. The van der Waals surface area contributed by atoms with Crippen molar-refractivity contribution in [2.24, 2.45) is 0 Å². The minimum atomic E-state index is -0.0161. The summed E-state index contributed by atoms with van der Waals surface area (Å²) in [5.41, 5.74) is 7.18. The third-order valence-corrected chi connectivity index (χ3v) is 5.50. The lowest BCUT2D eigenvalue weighted by atomic mass is 10.0. The monoisotopic (exact) mass is 350 g/mol. The van der Waals surface area contributed by atoms with Crippen molar-refractivity contribution in [2.45, 2.75) is 26.9 Å². The number of urea groups is 1. The summed E-state index contributed by atoms with van der Waals surface area (Å²) in [6, 6.07) is 12.6. The van der Waals surface area contributed by atoms with Crippen LogP contribution in [0.3, 0.4) is 0 Å². The van der Waals surface area contributed by atoms with Gasteiger partial charge in [0.2, 0.25) is 0 Å². The summed E-state index contributed by atoms with van der Waals surface area (Å²) in [6.45, 7) is 9.43. The molecule has 2 amide bonds. The largest absolute Gasteiger partial charge is 0.369 e. The van der Waals surface area contributed by atoms with Gasteiger partial charge in [0.05, 0.1) is 12.2 Å². The van der Waals surface area contributed by atoms with Crippen molar-refractivity contribution < 1.29 is 4.79 Å². The SMILES string of the molecule is Cc1cccc(C)c1CN1C(=O)NCc2c(N3CCNCC3)cccc21. The van der Waals surface area contributed by atoms with E-state index in [0.29, 0.717) is 13.1 Å². The molecule has 0 aromatic heterocycles. The molecule has 0 atom stereocenters. The molecule has 0 unspecified atom stereocenters. The molecule has 26 heavy (non-hydrogen) atoms. The highest BCUT2D eigenvalue weighted by atomic mass is 16.2. The number of nitrogens with zero attached hydrogens (tertiary/aromatic N) is 2. The van der Waals surface area contributed by atoms with Crippen LogP contribution in [0.15, 0.2) is 36.4 Å². The van der Waals surface area contributed by atoms with E-state index in [1.165, 1.54) is 27.9 Å². The maximum atomic E-state index is 12.7. The quantitative estimate of drug-likeness (QED) is 0.895. The summed E-state index contributed by atoms with van der Waals surface area (Å²) in [4.78, 5) is 17.0. The van der Waals surface area contributed by atoms with E-state index in [-0.39, 0.29) is 6.03 Å². The molecule has 4 rings (SSSR count). The van der Waals surface area contributed by atoms with Gasteiger partial charge in [-0.05, 0) is 42.7 Å². The fourth-order valence-electron chi connectivity index (χ4n) is 3.98. The number of carbonyl (C=O) groups excluding carboxylic acids is 1. The molecular formula is C21H26N4O. The molecule has 0 spiro atoms. The highest BCUT2D eigenvalue weighted by Crippen LogP contribution is 2.34. The van der Waals surface area contributed by atoms with Gasteiger partial charge in [0, 0.05) is 44.0 Å².